The molecule has 1 aliphatic heterocycles. The third kappa shape index (κ3) is 3.32. The highest BCUT2D eigenvalue weighted by Gasteiger charge is 2.33. The molecular weight excluding hydrogens is 422 g/mol. The fourth-order valence-corrected chi connectivity index (χ4v) is 5.77. The molecule has 162 valence electrons. The summed E-state index contributed by atoms with van der Waals surface area (Å²) in [6.07, 6.45) is -0.0850. The van der Waals surface area contributed by atoms with Crippen LogP contribution in [-0.4, -0.2) is 19.6 Å². The zero-order valence-electron chi connectivity index (χ0n) is 17.7. The van der Waals surface area contributed by atoms with E-state index in [0.717, 1.165) is 16.5 Å². The van der Waals surface area contributed by atoms with Gasteiger partial charge in [0.1, 0.15) is 11.5 Å². The summed E-state index contributed by atoms with van der Waals surface area (Å²) in [5.74, 6) is 0.631. The second-order valence-corrected chi connectivity index (χ2v) is 9.84. The number of benzene rings is 4. The van der Waals surface area contributed by atoms with Crippen LogP contribution in [0.2, 0.25) is 0 Å². The second kappa shape index (κ2) is 7.65. The zero-order chi connectivity index (χ0) is 22.5. The molecular formula is C26H23NO4S. The third-order valence-electron chi connectivity index (χ3n) is 5.69. The summed E-state index contributed by atoms with van der Waals surface area (Å²) in [5.41, 5.74) is 2.66. The van der Waals surface area contributed by atoms with E-state index in [4.69, 9.17) is 4.74 Å². The van der Waals surface area contributed by atoms with Crippen LogP contribution in [0.25, 0.3) is 21.9 Å². The van der Waals surface area contributed by atoms with Gasteiger partial charge < -0.3 is 9.84 Å². The SMILES string of the molecule is CC(C)Oc1cc(C2NS(=O)(=O)c3ccccc3-c3ccccc32)c(O)c2ccccc12. The van der Waals surface area contributed by atoms with Gasteiger partial charge in [0.25, 0.3) is 0 Å². The van der Waals surface area contributed by atoms with Crippen LogP contribution in [0.1, 0.15) is 31.0 Å². The summed E-state index contributed by atoms with van der Waals surface area (Å²) in [5, 5.41) is 12.7. The number of hydrogen-bond acceptors (Lipinski definition) is 4. The van der Waals surface area contributed by atoms with Crippen molar-refractivity contribution in [2.75, 3.05) is 0 Å². The maximum absolute atomic E-state index is 13.4. The van der Waals surface area contributed by atoms with Gasteiger partial charge in [0.05, 0.1) is 17.0 Å². The van der Waals surface area contributed by atoms with Crippen LogP contribution in [-0.2, 0) is 10.0 Å². The molecule has 2 N–H and O–H groups in total. The van der Waals surface area contributed by atoms with E-state index in [9.17, 15) is 13.5 Å². The Morgan fingerprint density at radius 3 is 2.22 bits per heavy atom. The lowest BCUT2D eigenvalue weighted by Gasteiger charge is -2.23. The molecule has 5 rings (SSSR count). The van der Waals surface area contributed by atoms with Gasteiger partial charge in [0.15, 0.2) is 0 Å². The number of phenols is 1. The first-order valence-electron chi connectivity index (χ1n) is 10.5. The summed E-state index contributed by atoms with van der Waals surface area (Å²) >= 11 is 0. The molecule has 1 heterocycles. The molecule has 1 aliphatic rings. The lowest BCUT2D eigenvalue weighted by atomic mass is 9.89. The highest BCUT2D eigenvalue weighted by atomic mass is 32.2. The number of sulfonamides is 1. The standard InChI is InChI=1S/C26H23NO4S/c1-16(2)31-23-15-22(26(28)21-13-6-4-10-18(21)23)25-20-12-5-3-9-17(20)19-11-7-8-14-24(19)32(29,30)27-25/h3-16,25,27-28H,1-2H3. The van der Waals surface area contributed by atoms with Crippen molar-refractivity contribution in [3.05, 3.63) is 90.0 Å². The Morgan fingerprint density at radius 1 is 0.844 bits per heavy atom. The summed E-state index contributed by atoms with van der Waals surface area (Å²) in [7, 11) is -3.85. The van der Waals surface area contributed by atoms with E-state index in [0.29, 0.717) is 22.3 Å². The third-order valence-corrected chi connectivity index (χ3v) is 7.17. The number of phenolic OH excluding ortho intramolecular Hbond substituents is 1. The van der Waals surface area contributed by atoms with Gasteiger partial charge in [-0.3, -0.25) is 0 Å². The fourth-order valence-electron chi connectivity index (χ4n) is 4.35. The van der Waals surface area contributed by atoms with E-state index in [1.165, 1.54) is 0 Å². The van der Waals surface area contributed by atoms with Crippen molar-refractivity contribution in [1.29, 1.82) is 0 Å². The molecule has 4 aromatic rings. The van der Waals surface area contributed by atoms with E-state index in [1.54, 1.807) is 18.2 Å². The van der Waals surface area contributed by atoms with Crippen LogP contribution < -0.4 is 9.46 Å². The predicted molar refractivity (Wildman–Crippen MR) is 125 cm³/mol. The number of aromatic hydroxyl groups is 1. The quantitative estimate of drug-likeness (QED) is 0.444. The average molecular weight is 446 g/mol. The minimum Gasteiger partial charge on any atom is -0.507 e. The number of hydrogen-bond donors (Lipinski definition) is 2. The number of rotatable bonds is 3. The van der Waals surface area contributed by atoms with E-state index in [1.807, 2.05) is 74.5 Å². The minimum absolute atomic E-state index is 0.0326. The molecule has 0 amide bonds. The Hall–Kier alpha value is -3.35. The summed E-state index contributed by atoms with van der Waals surface area (Å²) in [6, 6.07) is 22.9. The molecule has 0 saturated carbocycles. The Balaban J connectivity index is 1.81. The normalized spacial score (nSPS) is 16.9. The van der Waals surface area contributed by atoms with Gasteiger partial charge in [0, 0.05) is 21.9 Å². The van der Waals surface area contributed by atoms with Crippen molar-refractivity contribution in [2.24, 2.45) is 0 Å². The lowest BCUT2D eigenvalue weighted by Crippen LogP contribution is -2.28. The monoisotopic (exact) mass is 445 g/mol. The molecule has 0 radical (unpaired) electrons. The molecule has 1 atom stereocenters. The molecule has 0 saturated heterocycles. The molecule has 0 aliphatic carbocycles. The van der Waals surface area contributed by atoms with Gasteiger partial charge in [-0.1, -0.05) is 66.7 Å². The number of fused-ring (bicyclic) bond motifs is 4. The van der Waals surface area contributed by atoms with E-state index < -0.39 is 16.1 Å². The average Bonchev–Trinajstić information content (AvgIpc) is 2.89. The molecule has 1 unspecified atom stereocenters. The highest BCUT2D eigenvalue weighted by molar-refractivity contribution is 7.89. The van der Waals surface area contributed by atoms with Crippen molar-refractivity contribution < 1.29 is 18.3 Å². The zero-order valence-corrected chi connectivity index (χ0v) is 18.6. The summed E-state index contributed by atoms with van der Waals surface area (Å²) in [6.45, 7) is 3.86. The first-order valence-corrected chi connectivity index (χ1v) is 12.0. The van der Waals surface area contributed by atoms with Crippen LogP contribution in [0.4, 0.5) is 0 Å². The Morgan fingerprint density at radius 2 is 1.47 bits per heavy atom. The van der Waals surface area contributed by atoms with Gasteiger partial charge in [-0.25, -0.2) is 8.42 Å². The fraction of sp³-hybridized carbons (Fsp3) is 0.154. The van der Waals surface area contributed by atoms with Crippen molar-refractivity contribution in [1.82, 2.24) is 4.72 Å². The van der Waals surface area contributed by atoms with E-state index in [2.05, 4.69) is 4.72 Å². The molecule has 5 nitrogen and oxygen atoms in total. The topological polar surface area (TPSA) is 75.6 Å². The number of ether oxygens (including phenoxy) is 1. The smallest absolute Gasteiger partial charge is 0.242 e. The van der Waals surface area contributed by atoms with Crippen LogP contribution in [0.15, 0.2) is 83.8 Å². The van der Waals surface area contributed by atoms with Crippen molar-refractivity contribution in [3.8, 4) is 22.6 Å². The molecule has 0 fully saturated rings. The molecule has 32 heavy (non-hydrogen) atoms. The van der Waals surface area contributed by atoms with Gasteiger partial charge in [-0.15, -0.1) is 0 Å². The summed E-state index contributed by atoms with van der Waals surface area (Å²) in [4.78, 5) is 0.217. The van der Waals surface area contributed by atoms with Crippen molar-refractivity contribution >= 4 is 20.8 Å². The van der Waals surface area contributed by atoms with Crippen LogP contribution >= 0.6 is 0 Å². The Labute approximate surface area is 187 Å². The van der Waals surface area contributed by atoms with Gasteiger partial charge >= 0.3 is 0 Å². The second-order valence-electron chi connectivity index (χ2n) is 8.16. The molecule has 6 heteroatoms. The largest absolute Gasteiger partial charge is 0.507 e. The summed E-state index contributed by atoms with van der Waals surface area (Å²) < 4.78 is 35.6. The Bertz CT molecular complexity index is 1440. The van der Waals surface area contributed by atoms with Crippen LogP contribution in [0.5, 0.6) is 11.5 Å². The minimum atomic E-state index is -3.85. The molecule has 4 aromatic carbocycles. The van der Waals surface area contributed by atoms with Gasteiger partial charge in [0.2, 0.25) is 10.0 Å². The van der Waals surface area contributed by atoms with Crippen LogP contribution in [0.3, 0.4) is 0 Å². The van der Waals surface area contributed by atoms with Crippen LogP contribution in [0, 0.1) is 0 Å². The molecule has 0 spiro atoms. The maximum atomic E-state index is 13.4. The lowest BCUT2D eigenvalue weighted by molar-refractivity contribution is 0.245. The number of nitrogens with one attached hydrogen (secondary N) is 1. The molecule has 0 aromatic heterocycles. The first kappa shape index (κ1) is 20.5. The van der Waals surface area contributed by atoms with E-state index >= 15 is 0 Å². The van der Waals surface area contributed by atoms with Gasteiger partial charge in [-0.05, 0) is 37.1 Å². The highest BCUT2D eigenvalue weighted by Crippen LogP contribution is 2.45. The van der Waals surface area contributed by atoms with E-state index in [-0.39, 0.29) is 16.7 Å². The first-order chi connectivity index (χ1) is 15.4. The van der Waals surface area contributed by atoms with Gasteiger partial charge in [-0.2, -0.15) is 4.72 Å². The predicted octanol–water partition coefficient (Wildman–Crippen LogP) is 5.38. The maximum Gasteiger partial charge on any atom is 0.242 e. The molecule has 0 bridgehead atoms. The Kier molecular flexibility index (Phi) is 4.92. The van der Waals surface area contributed by atoms with Crippen molar-refractivity contribution in [3.63, 3.8) is 0 Å². The van der Waals surface area contributed by atoms with Crippen molar-refractivity contribution in [2.45, 2.75) is 30.9 Å².